The first-order valence-corrected chi connectivity index (χ1v) is 8.19. The third-order valence-corrected chi connectivity index (χ3v) is 5.45. The van der Waals surface area contributed by atoms with Crippen molar-refractivity contribution in [1.82, 2.24) is 0 Å². The van der Waals surface area contributed by atoms with E-state index in [-0.39, 0.29) is 0 Å². The maximum Gasteiger partial charge on any atom is 0.0387 e. The first-order valence-electron chi connectivity index (χ1n) is 7.31. The summed E-state index contributed by atoms with van der Waals surface area (Å²) in [6.45, 7) is 0. The van der Waals surface area contributed by atoms with Crippen LogP contribution in [0.15, 0.2) is 71.3 Å². The first-order chi connectivity index (χ1) is 10.3. The molecule has 2 aromatic carbocycles. The highest BCUT2D eigenvalue weighted by atomic mass is 32.2. The van der Waals surface area contributed by atoms with Crippen LogP contribution in [0.2, 0.25) is 0 Å². The van der Waals surface area contributed by atoms with Gasteiger partial charge in [0, 0.05) is 15.8 Å². The minimum absolute atomic E-state index is 0.555. The summed E-state index contributed by atoms with van der Waals surface area (Å²) < 4.78 is 0. The fourth-order valence-corrected chi connectivity index (χ4v) is 4.34. The fourth-order valence-electron chi connectivity index (χ4n) is 3.06. The molecule has 1 nitrogen and oxygen atoms in total. The highest BCUT2D eigenvalue weighted by Crippen LogP contribution is 2.48. The van der Waals surface area contributed by atoms with Crippen LogP contribution in [0, 0.1) is 0 Å². The zero-order chi connectivity index (χ0) is 14.2. The van der Waals surface area contributed by atoms with Gasteiger partial charge in [0.15, 0.2) is 0 Å². The van der Waals surface area contributed by atoms with E-state index in [2.05, 4.69) is 60.7 Å². The van der Waals surface area contributed by atoms with Crippen molar-refractivity contribution in [3.63, 3.8) is 0 Å². The molecule has 0 saturated carbocycles. The minimum atomic E-state index is 0.555. The Balaban J connectivity index is 1.69. The molecule has 2 aromatic rings. The van der Waals surface area contributed by atoms with Gasteiger partial charge in [0.25, 0.3) is 0 Å². The Kier molecular flexibility index (Phi) is 3.12. The van der Waals surface area contributed by atoms with Gasteiger partial charge in [-0.15, -0.1) is 11.8 Å². The van der Waals surface area contributed by atoms with E-state index < -0.39 is 0 Å². The molecule has 0 fully saturated rings. The summed E-state index contributed by atoms with van der Waals surface area (Å²) in [6, 6.07) is 17.5. The summed E-state index contributed by atoms with van der Waals surface area (Å²) >= 11 is 1.97. The van der Waals surface area contributed by atoms with Crippen LogP contribution < -0.4 is 5.73 Å². The number of benzene rings is 2. The molecule has 2 aliphatic rings. The van der Waals surface area contributed by atoms with Gasteiger partial charge >= 0.3 is 0 Å². The summed E-state index contributed by atoms with van der Waals surface area (Å²) in [5.41, 5.74) is 12.4. The van der Waals surface area contributed by atoms with E-state index in [9.17, 15) is 0 Å². The molecule has 1 aliphatic heterocycles. The lowest BCUT2D eigenvalue weighted by Crippen LogP contribution is -2.07. The summed E-state index contributed by atoms with van der Waals surface area (Å²) in [6.07, 6.45) is 6.32. The van der Waals surface area contributed by atoms with E-state index >= 15 is 0 Å². The maximum atomic E-state index is 5.98. The Bertz CT molecular complexity index is 743. The van der Waals surface area contributed by atoms with Crippen LogP contribution >= 0.6 is 11.8 Å². The molecule has 1 unspecified atom stereocenters. The second kappa shape index (κ2) is 5.12. The molecule has 104 valence electrons. The largest absolute Gasteiger partial charge is 0.399 e. The molecule has 0 aromatic heterocycles. The van der Waals surface area contributed by atoms with Gasteiger partial charge in [0.1, 0.15) is 0 Å². The number of hydrogen-bond donors (Lipinski definition) is 1. The van der Waals surface area contributed by atoms with E-state index in [4.69, 9.17) is 5.73 Å². The molecular formula is C19H17NS. The second-order valence-electron chi connectivity index (χ2n) is 5.64. The van der Waals surface area contributed by atoms with E-state index in [1.807, 2.05) is 11.8 Å². The average molecular weight is 291 g/mol. The molecule has 2 heteroatoms. The van der Waals surface area contributed by atoms with Crippen LogP contribution in [0.4, 0.5) is 0 Å². The topological polar surface area (TPSA) is 26.0 Å². The van der Waals surface area contributed by atoms with Crippen LogP contribution in [-0.2, 0) is 6.42 Å². The summed E-state index contributed by atoms with van der Waals surface area (Å²) in [5, 5.41) is 0.555. The van der Waals surface area contributed by atoms with E-state index in [1.165, 1.54) is 27.2 Å². The Hall–Kier alpha value is -1.93. The van der Waals surface area contributed by atoms with E-state index in [0.29, 0.717) is 5.25 Å². The maximum absolute atomic E-state index is 5.98. The predicted molar refractivity (Wildman–Crippen MR) is 90.2 cm³/mol. The number of hydrogen-bond acceptors (Lipinski definition) is 2. The van der Waals surface area contributed by atoms with Gasteiger partial charge < -0.3 is 5.73 Å². The van der Waals surface area contributed by atoms with Crippen molar-refractivity contribution in [3.05, 3.63) is 83.1 Å². The predicted octanol–water partition coefficient (Wildman–Crippen LogP) is 4.38. The zero-order valence-electron chi connectivity index (χ0n) is 11.8. The number of allylic oxidation sites excluding steroid dienone is 2. The molecule has 21 heavy (non-hydrogen) atoms. The molecule has 2 N–H and O–H groups in total. The van der Waals surface area contributed by atoms with Crippen LogP contribution in [0.5, 0.6) is 0 Å². The van der Waals surface area contributed by atoms with Gasteiger partial charge in [-0.2, -0.15) is 0 Å². The number of rotatable bonds is 2. The minimum Gasteiger partial charge on any atom is -0.399 e. The lowest BCUT2D eigenvalue weighted by atomic mass is 9.93. The van der Waals surface area contributed by atoms with Crippen LogP contribution in [-0.4, -0.2) is 5.25 Å². The summed E-state index contributed by atoms with van der Waals surface area (Å²) in [5.74, 6) is 0. The van der Waals surface area contributed by atoms with Crippen molar-refractivity contribution >= 4 is 17.3 Å². The SMILES string of the molecule is NC1=CCC2Sc3ccc(Cc4ccccc4)cc3C2=C1. The monoisotopic (exact) mass is 291 g/mol. The normalized spacial score (nSPS) is 19.5. The van der Waals surface area contributed by atoms with E-state index in [1.54, 1.807) is 0 Å². The highest BCUT2D eigenvalue weighted by molar-refractivity contribution is 8.00. The van der Waals surface area contributed by atoms with Gasteiger partial charge in [-0.05, 0) is 53.3 Å². The number of fused-ring (bicyclic) bond motifs is 3. The standard InChI is InChI=1S/C19H17NS/c20-15-7-9-19-17(12-15)16-11-14(6-8-18(16)21-19)10-13-4-2-1-3-5-13/h1-8,11-12,19H,9-10,20H2. The Morgan fingerprint density at radius 2 is 1.90 bits per heavy atom. The Morgan fingerprint density at radius 3 is 2.76 bits per heavy atom. The molecule has 0 radical (unpaired) electrons. The van der Waals surface area contributed by atoms with Gasteiger partial charge in [0.05, 0.1) is 0 Å². The Morgan fingerprint density at radius 1 is 1.05 bits per heavy atom. The van der Waals surface area contributed by atoms with Crippen molar-refractivity contribution in [2.45, 2.75) is 23.0 Å². The van der Waals surface area contributed by atoms with Gasteiger partial charge in [0.2, 0.25) is 0 Å². The summed E-state index contributed by atoms with van der Waals surface area (Å²) in [4.78, 5) is 1.39. The zero-order valence-corrected chi connectivity index (χ0v) is 12.6. The summed E-state index contributed by atoms with van der Waals surface area (Å²) in [7, 11) is 0. The average Bonchev–Trinajstić information content (AvgIpc) is 2.86. The van der Waals surface area contributed by atoms with Crippen molar-refractivity contribution in [2.24, 2.45) is 5.73 Å². The van der Waals surface area contributed by atoms with Crippen LogP contribution in [0.25, 0.3) is 5.57 Å². The van der Waals surface area contributed by atoms with Gasteiger partial charge in [-0.1, -0.05) is 42.5 Å². The first kappa shape index (κ1) is 12.8. The lowest BCUT2D eigenvalue weighted by Gasteiger charge is -2.14. The highest BCUT2D eigenvalue weighted by Gasteiger charge is 2.29. The molecule has 1 heterocycles. The molecule has 0 saturated heterocycles. The molecule has 0 bridgehead atoms. The quantitative estimate of drug-likeness (QED) is 0.888. The van der Waals surface area contributed by atoms with Crippen LogP contribution in [0.1, 0.15) is 23.1 Å². The number of thioether (sulfide) groups is 1. The third kappa shape index (κ3) is 2.40. The van der Waals surface area contributed by atoms with Crippen LogP contribution in [0.3, 0.4) is 0 Å². The molecule has 0 amide bonds. The molecule has 0 spiro atoms. The van der Waals surface area contributed by atoms with Gasteiger partial charge in [-0.25, -0.2) is 0 Å². The fraction of sp³-hybridized carbons (Fsp3) is 0.158. The third-order valence-electron chi connectivity index (χ3n) is 4.11. The van der Waals surface area contributed by atoms with Crippen molar-refractivity contribution in [3.8, 4) is 0 Å². The van der Waals surface area contributed by atoms with Crippen molar-refractivity contribution < 1.29 is 0 Å². The molecule has 1 atom stereocenters. The van der Waals surface area contributed by atoms with Crippen molar-refractivity contribution in [2.75, 3.05) is 0 Å². The second-order valence-corrected chi connectivity index (χ2v) is 6.88. The lowest BCUT2D eigenvalue weighted by molar-refractivity contribution is 1.06. The smallest absolute Gasteiger partial charge is 0.0387 e. The molecule has 1 aliphatic carbocycles. The molecular weight excluding hydrogens is 274 g/mol. The van der Waals surface area contributed by atoms with Gasteiger partial charge in [-0.3, -0.25) is 0 Å². The Labute approximate surface area is 129 Å². The van der Waals surface area contributed by atoms with Crippen molar-refractivity contribution in [1.29, 1.82) is 0 Å². The van der Waals surface area contributed by atoms with E-state index in [0.717, 1.165) is 18.5 Å². The molecule has 4 rings (SSSR count). The number of nitrogens with two attached hydrogens (primary N) is 1.